The Morgan fingerprint density at radius 1 is 1.33 bits per heavy atom. The summed E-state index contributed by atoms with van der Waals surface area (Å²) in [6, 6.07) is 1.80. The number of rotatable bonds is 7. The molecule has 0 atom stereocenters. The zero-order valence-electron chi connectivity index (χ0n) is 13.2. The van der Waals surface area contributed by atoms with Crippen LogP contribution in [0.3, 0.4) is 0 Å². The van der Waals surface area contributed by atoms with E-state index in [1.54, 1.807) is 6.07 Å². The number of sulfonamides is 1. The molecule has 2 N–H and O–H groups in total. The zero-order chi connectivity index (χ0) is 15.5. The summed E-state index contributed by atoms with van der Waals surface area (Å²) in [4.78, 5) is 1.11. The summed E-state index contributed by atoms with van der Waals surface area (Å²) in [7, 11) is -3.39. The van der Waals surface area contributed by atoms with E-state index in [4.69, 9.17) is 0 Å². The lowest BCUT2D eigenvalue weighted by molar-refractivity contribution is 0.428. The second-order valence-electron chi connectivity index (χ2n) is 6.22. The zero-order valence-corrected chi connectivity index (χ0v) is 14.8. The predicted molar refractivity (Wildman–Crippen MR) is 88.2 cm³/mol. The lowest BCUT2D eigenvalue weighted by Gasteiger charge is -2.24. The summed E-state index contributed by atoms with van der Waals surface area (Å²) < 4.78 is 28.5. The van der Waals surface area contributed by atoms with E-state index in [1.807, 2.05) is 13.8 Å². The molecule has 0 aliphatic heterocycles. The Morgan fingerprint density at radius 3 is 2.62 bits per heavy atom. The maximum absolute atomic E-state index is 12.6. The van der Waals surface area contributed by atoms with E-state index in [1.165, 1.54) is 11.3 Å². The fraction of sp³-hybridized carbons (Fsp3) is 0.733. The first-order valence-corrected chi connectivity index (χ1v) is 10.0. The van der Waals surface area contributed by atoms with Crippen LogP contribution in [0.4, 0.5) is 0 Å². The minimum Gasteiger partial charge on any atom is -0.312 e. The van der Waals surface area contributed by atoms with E-state index in [0.717, 1.165) is 55.6 Å². The van der Waals surface area contributed by atoms with Gasteiger partial charge in [-0.3, -0.25) is 0 Å². The van der Waals surface area contributed by atoms with E-state index in [0.29, 0.717) is 4.21 Å². The molecular formula is C15H26N2O2S2. The van der Waals surface area contributed by atoms with Gasteiger partial charge in [0, 0.05) is 17.0 Å². The van der Waals surface area contributed by atoms with Crippen molar-refractivity contribution in [3.8, 4) is 0 Å². The average molecular weight is 331 g/mol. The lowest BCUT2D eigenvalue weighted by Crippen LogP contribution is -2.43. The molecule has 0 spiro atoms. The molecule has 120 valence electrons. The van der Waals surface area contributed by atoms with Crippen LogP contribution in [0.2, 0.25) is 0 Å². The van der Waals surface area contributed by atoms with Gasteiger partial charge in [-0.15, -0.1) is 11.3 Å². The smallest absolute Gasteiger partial charge is 0.250 e. The molecule has 0 saturated heterocycles. The highest BCUT2D eigenvalue weighted by atomic mass is 32.2. The van der Waals surface area contributed by atoms with Crippen LogP contribution in [0.15, 0.2) is 10.3 Å². The third-order valence-corrected chi connectivity index (χ3v) is 7.41. The molecule has 2 rings (SSSR count). The number of hydrogen-bond acceptors (Lipinski definition) is 4. The molecule has 0 aromatic carbocycles. The first-order valence-electron chi connectivity index (χ1n) is 7.70. The molecule has 1 heterocycles. The van der Waals surface area contributed by atoms with E-state index in [2.05, 4.69) is 17.0 Å². The van der Waals surface area contributed by atoms with Gasteiger partial charge in [-0.2, -0.15) is 0 Å². The number of nitrogens with one attached hydrogen (secondary N) is 2. The van der Waals surface area contributed by atoms with Gasteiger partial charge in [0.2, 0.25) is 0 Å². The predicted octanol–water partition coefficient (Wildman–Crippen LogP) is 3.17. The molecule has 0 radical (unpaired) electrons. The van der Waals surface area contributed by atoms with Gasteiger partial charge in [-0.25, -0.2) is 13.1 Å². The van der Waals surface area contributed by atoms with Crippen molar-refractivity contribution in [2.24, 2.45) is 0 Å². The Kier molecular flexibility index (Phi) is 5.46. The van der Waals surface area contributed by atoms with Gasteiger partial charge >= 0.3 is 0 Å². The summed E-state index contributed by atoms with van der Waals surface area (Å²) >= 11 is 1.39. The van der Waals surface area contributed by atoms with E-state index in [-0.39, 0.29) is 5.54 Å². The second kappa shape index (κ2) is 6.77. The number of hydrogen-bond donors (Lipinski definition) is 2. The largest absolute Gasteiger partial charge is 0.312 e. The molecule has 1 saturated carbocycles. The molecule has 1 aliphatic rings. The van der Waals surface area contributed by atoms with Crippen molar-refractivity contribution in [1.29, 1.82) is 0 Å². The molecule has 1 aliphatic carbocycles. The average Bonchev–Trinajstić information content (AvgIpc) is 2.97. The van der Waals surface area contributed by atoms with Crippen molar-refractivity contribution in [2.75, 3.05) is 6.54 Å². The van der Waals surface area contributed by atoms with Crippen molar-refractivity contribution in [2.45, 2.75) is 69.2 Å². The van der Waals surface area contributed by atoms with Crippen molar-refractivity contribution in [3.05, 3.63) is 16.5 Å². The number of thiophene rings is 1. The highest BCUT2D eigenvalue weighted by molar-refractivity contribution is 7.91. The van der Waals surface area contributed by atoms with E-state index >= 15 is 0 Å². The van der Waals surface area contributed by atoms with Gasteiger partial charge in [0.1, 0.15) is 4.21 Å². The van der Waals surface area contributed by atoms with E-state index in [9.17, 15) is 8.42 Å². The molecule has 21 heavy (non-hydrogen) atoms. The molecule has 0 amide bonds. The molecular weight excluding hydrogens is 304 g/mol. The molecule has 1 aromatic rings. The first-order chi connectivity index (χ1) is 9.86. The van der Waals surface area contributed by atoms with Gasteiger partial charge in [0.15, 0.2) is 0 Å². The molecule has 1 fully saturated rings. The van der Waals surface area contributed by atoms with Crippen LogP contribution in [-0.2, 0) is 16.6 Å². The maximum atomic E-state index is 12.6. The minimum atomic E-state index is -3.39. The first kappa shape index (κ1) is 16.9. The van der Waals surface area contributed by atoms with Crippen LogP contribution < -0.4 is 10.0 Å². The maximum Gasteiger partial charge on any atom is 0.250 e. The van der Waals surface area contributed by atoms with Crippen LogP contribution in [0.1, 0.15) is 56.4 Å². The molecule has 0 unspecified atom stereocenters. The Bertz CT molecular complexity index is 572. The highest BCUT2D eigenvalue weighted by Crippen LogP contribution is 2.32. The fourth-order valence-electron chi connectivity index (χ4n) is 2.81. The molecule has 1 aromatic heterocycles. The summed E-state index contributed by atoms with van der Waals surface area (Å²) in [6.45, 7) is 7.82. The lowest BCUT2D eigenvalue weighted by atomic mass is 10.0. The number of aryl methyl sites for hydroxylation is 1. The second-order valence-corrected chi connectivity index (χ2v) is 9.27. The van der Waals surface area contributed by atoms with Crippen LogP contribution >= 0.6 is 11.3 Å². The topological polar surface area (TPSA) is 58.2 Å². The van der Waals surface area contributed by atoms with Crippen LogP contribution in [-0.4, -0.2) is 20.5 Å². The van der Waals surface area contributed by atoms with Crippen LogP contribution in [0, 0.1) is 6.92 Å². The molecule has 6 heteroatoms. The van der Waals surface area contributed by atoms with Gasteiger partial charge in [0.05, 0.1) is 0 Å². The van der Waals surface area contributed by atoms with E-state index < -0.39 is 10.0 Å². The van der Waals surface area contributed by atoms with Crippen LogP contribution in [0.25, 0.3) is 0 Å². The Hall–Kier alpha value is -0.430. The standard InChI is InChI=1S/C15H26N2O2S2/c1-4-9-16-11-13-12(2)10-14(20-13)21(18,19)17-15(3)7-5-6-8-15/h10,16-17H,4-9,11H2,1-3H3. The SMILES string of the molecule is CCCNCc1sc(S(=O)(=O)NC2(C)CCCC2)cc1C. The Balaban J connectivity index is 2.11. The van der Waals surface area contributed by atoms with Gasteiger partial charge in [0.25, 0.3) is 10.0 Å². The Morgan fingerprint density at radius 2 is 2.00 bits per heavy atom. The summed E-state index contributed by atoms with van der Waals surface area (Å²) in [6.07, 6.45) is 5.15. The van der Waals surface area contributed by atoms with Gasteiger partial charge in [-0.1, -0.05) is 19.8 Å². The minimum absolute atomic E-state index is 0.267. The quantitative estimate of drug-likeness (QED) is 0.755. The third-order valence-electron chi connectivity index (χ3n) is 4.06. The highest BCUT2D eigenvalue weighted by Gasteiger charge is 2.34. The third kappa shape index (κ3) is 4.28. The van der Waals surface area contributed by atoms with Crippen LogP contribution in [0.5, 0.6) is 0 Å². The van der Waals surface area contributed by atoms with Gasteiger partial charge in [-0.05, 0) is 51.3 Å². The molecule has 4 nitrogen and oxygen atoms in total. The summed E-state index contributed by atoms with van der Waals surface area (Å²) in [5, 5.41) is 3.33. The van der Waals surface area contributed by atoms with Crippen molar-refractivity contribution >= 4 is 21.4 Å². The molecule has 0 bridgehead atoms. The monoisotopic (exact) mass is 330 g/mol. The van der Waals surface area contributed by atoms with Crippen molar-refractivity contribution < 1.29 is 8.42 Å². The van der Waals surface area contributed by atoms with Crippen molar-refractivity contribution in [3.63, 3.8) is 0 Å². The normalized spacial score (nSPS) is 18.2. The summed E-state index contributed by atoms with van der Waals surface area (Å²) in [5.41, 5.74) is 0.790. The van der Waals surface area contributed by atoms with Crippen molar-refractivity contribution in [1.82, 2.24) is 10.0 Å². The summed E-state index contributed by atoms with van der Waals surface area (Å²) in [5.74, 6) is 0. The fourth-order valence-corrected chi connectivity index (χ4v) is 5.83. The Labute approximate surface area is 132 Å². The van der Waals surface area contributed by atoms with Gasteiger partial charge < -0.3 is 5.32 Å².